The van der Waals surface area contributed by atoms with Crippen LogP contribution in [0.2, 0.25) is 24.2 Å². The number of hydrogen-bond donors (Lipinski definition) is 0. The van der Waals surface area contributed by atoms with E-state index in [9.17, 15) is 0 Å². The predicted molar refractivity (Wildman–Crippen MR) is 144 cm³/mol. The largest absolute Gasteiger partial charge is 0.376 e. The molecule has 1 nitrogen and oxygen atoms in total. The second-order valence-corrected chi connectivity index (χ2v) is 18.5. The van der Waals surface area contributed by atoms with Crippen LogP contribution >= 0.6 is 0 Å². The summed E-state index contributed by atoms with van der Waals surface area (Å²) in [5.41, 5.74) is 1.96. The predicted octanol–water partition coefficient (Wildman–Crippen LogP) is 9.14. The van der Waals surface area contributed by atoms with Gasteiger partial charge in [0.2, 0.25) is 0 Å². The van der Waals surface area contributed by atoms with Gasteiger partial charge < -0.3 is 4.74 Å². The van der Waals surface area contributed by atoms with Gasteiger partial charge in [0.1, 0.15) is 0 Å². The van der Waals surface area contributed by atoms with Crippen LogP contribution < -0.4 is 0 Å². The van der Waals surface area contributed by atoms with E-state index >= 15 is 0 Å². The molecule has 3 aliphatic carbocycles. The highest BCUT2D eigenvalue weighted by Crippen LogP contribution is 2.62. The molecule has 3 rings (SSSR count). The van der Waals surface area contributed by atoms with Crippen molar-refractivity contribution in [3.63, 3.8) is 0 Å². The van der Waals surface area contributed by atoms with Crippen molar-refractivity contribution in [1.82, 2.24) is 0 Å². The van der Waals surface area contributed by atoms with Crippen LogP contribution in [0.5, 0.6) is 0 Å². The summed E-state index contributed by atoms with van der Waals surface area (Å²) in [6.07, 6.45) is 18.2. The summed E-state index contributed by atoms with van der Waals surface area (Å²) >= 11 is 0. The van der Waals surface area contributed by atoms with Crippen molar-refractivity contribution in [3.8, 4) is 0 Å². The molecule has 0 bridgehead atoms. The SMILES string of the molecule is CC1C(C)C(C)C([Si](C)(C)C2CC(CCCCCCOC(C)(C)C)C3C=CC=CC32)C1C. The molecule has 8 unspecified atom stereocenters. The van der Waals surface area contributed by atoms with Crippen LogP contribution in [0.25, 0.3) is 0 Å². The molecule has 8 atom stereocenters. The third kappa shape index (κ3) is 5.65. The average Bonchev–Trinajstić information content (AvgIpc) is 3.18. The number of unbranched alkanes of at least 4 members (excludes halogenated alkanes) is 3. The minimum Gasteiger partial charge on any atom is -0.376 e. The number of ether oxygens (including phenoxy) is 1. The van der Waals surface area contributed by atoms with Crippen LogP contribution in [-0.4, -0.2) is 20.3 Å². The van der Waals surface area contributed by atoms with Crippen LogP contribution in [0.4, 0.5) is 0 Å². The Bertz CT molecular complexity index is 642. The first kappa shape index (κ1) is 26.3. The third-order valence-electron chi connectivity index (χ3n) is 10.2. The molecule has 0 aromatic heterocycles. The maximum Gasteiger partial charge on any atom is 0.0598 e. The van der Waals surface area contributed by atoms with Crippen molar-refractivity contribution in [2.45, 2.75) is 117 Å². The lowest BCUT2D eigenvalue weighted by Crippen LogP contribution is -2.43. The van der Waals surface area contributed by atoms with Crippen molar-refractivity contribution in [2.75, 3.05) is 6.61 Å². The Labute approximate surface area is 201 Å². The second kappa shape index (κ2) is 10.5. The van der Waals surface area contributed by atoms with Gasteiger partial charge in [0.15, 0.2) is 0 Å². The standard InChI is InChI=1S/C30H54OSi/c1-21-22(2)24(4)29(23(21)3)32(8,9)28-20-25(26-17-13-14-18-27(26)28)16-12-10-11-15-19-31-30(5,6)7/h13-14,17-18,21-29H,10-12,15-16,19-20H2,1-9H3. The van der Waals surface area contributed by atoms with E-state index in [1.54, 1.807) is 0 Å². The summed E-state index contributed by atoms with van der Waals surface area (Å²) in [5, 5.41) is 0. The van der Waals surface area contributed by atoms with Crippen molar-refractivity contribution in [3.05, 3.63) is 24.3 Å². The molecule has 0 heterocycles. The van der Waals surface area contributed by atoms with Gasteiger partial charge in [-0.3, -0.25) is 0 Å². The van der Waals surface area contributed by atoms with E-state index in [2.05, 4.69) is 85.9 Å². The van der Waals surface area contributed by atoms with Crippen molar-refractivity contribution in [1.29, 1.82) is 0 Å². The lowest BCUT2D eigenvalue weighted by atomic mass is 9.84. The summed E-state index contributed by atoms with van der Waals surface area (Å²) < 4.78 is 5.90. The van der Waals surface area contributed by atoms with Crippen LogP contribution in [0, 0.1) is 41.4 Å². The van der Waals surface area contributed by atoms with Crippen molar-refractivity contribution >= 4 is 8.07 Å². The first-order valence-electron chi connectivity index (χ1n) is 13.9. The molecule has 32 heavy (non-hydrogen) atoms. The van der Waals surface area contributed by atoms with Crippen LogP contribution in [0.3, 0.4) is 0 Å². The highest BCUT2D eigenvalue weighted by Gasteiger charge is 2.56. The Morgan fingerprint density at radius 3 is 1.94 bits per heavy atom. The molecule has 0 saturated heterocycles. The molecule has 0 aliphatic heterocycles. The Balaban J connectivity index is 1.58. The molecule has 184 valence electrons. The van der Waals surface area contributed by atoms with Gasteiger partial charge in [0.05, 0.1) is 13.7 Å². The molecule has 2 saturated carbocycles. The second-order valence-electron chi connectivity index (χ2n) is 13.5. The van der Waals surface area contributed by atoms with Gasteiger partial charge in [-0.15, -0.1) is 0 Å². The zero-order valence-corrected chi connectivity index (χ0v) is 23.9. The summed E-state index contributed by atoms with van der Waals surface area (Å²) in [6, 6.07) is 0. The number of fused-ring (bicyclic) bond motifs is 1. The molecule has 0 aromatic rings. The first-order valence-corrected chi connectivity index (χ1v) is 17.1. The van der Waals surface area contributed by atoms with Crippen molar-refractivity contribution < 1.29 is 4.74 Å². The molecule has 0 amide bonds. The fraction of sp³-hybridized carbons (Fsp3) is 0.867. The monoisotopic (exact) mass is 458 g/mol. The lowest BCUT2D eigenvalue weighted by Gasteiger charge is -2.43. The van der Waals surface area contributed by atoms with E-state index < -0.39 is 8.07 Å². The normalized spacial score (nSPS) is 39.6. The van der Waals surface area contributed by atoms with Crippen LogP contribution in [0.1, 0.15) is 87.0 Å². The molecule has 2 fully saturated rings. The number of rotatable bonds is 9. The number of allylic oxidation sites excluding steroid dienone is 4. The van der Waals surface area contributed by atoms with Gasteiger partial charge >= 0.3 is 0 Å². The van der Waals surface area contributed by atoms with E-state index in [1.165, 1.54) is 38.5 Å². The summed E-state index contributed by atoms with van der Waals surface area (Å²) in [6.45, 7) is 23.2. The molecule has 2 heteroatoms. The van der Waals surface area contributed by atoms with Gasteiger partial charge in [-0.25, -0.2) is 0 Å². The molecular formula is C30H54OSi. The maximum atomic E-state index is 5.90. The highest BCUT2D eigenvalue weighted by molar-refractivity contribution is 6.80. The lowest BCUT2D eigenvalue weighted by molar-refractivity contribution is -0.00477. The smallest absolute Gasteiger partial charge is 0.0598 e. The van der Waals surface area contributed by atoms with Gasteiger partial charge in [0, 0.05) is 6.61 Å². The van der Waals surface area contributed by atoms with Gasteiger partial charge in [-0.05, 0) is 92.5 Å². The Morgan fingerprint density at radius 1 is 0.781 bits per heavy atom. The van der Waals surface area contributed by atoms with E-state index in [4.69, 9.17) is 4.74 Å². The van der Waals surface area contributed by atoms with E-state index in [0.717, 1.165) is 59.1 Å². The quantitative estimate of drug-likeness (QED) is 0.247. The fourth-order valence-corrected chi connectivity index (χ4v) is 14.2. The van der Waals surface area contributed by atoms with Crippen LogP contribution in [0.15, 0.2) is 24.3 Å². The molecule has 0 aromatic carbocycles. The third-order valence-corrected chi connectivity index (χ3v) is 15.5. The van der Waals surface area contributed by atoms with E-state index in [1.807, 2.05) is 0 Å². The molecular weight excluding hydrogens is 404 g/mol. The maximum absolute atomic E-state index is 5.90. The zero-order valence-electron chi connectivity index (χ0n) is 22.9. The number of hydrogen-bond acceptors (Lipinski definition) is 1. The van der Waals surface area contributed by atoms with Crippen molar-refractivity contribution in [2.24, 2.45) is 41.4 Å². The highest BCUT2D eigenvalue weighted by atomic mass is 28.3. The summed E-state index contributed by atoms with van der Waals surface area (Å²) in [4.78, 5) is 0. The van der Waals surface area contributed by atoms with E-state index in [-0.39, 0.29) is 5.60 Å². The topological polar surface area (TPSA) is 9.23 Å². The fourth-order valence-electron chi connectivity index (χ4n) is 8.20. The first-order chi connectivity index (χ1) is 14.9. The Hall–Kier alpha value is -0.343. The Kier molecular flexibility index (Phi) is 8.62. The molecule has 0 radical (unpaired) electrons. The van der Waals surface area contributed by atoms with Gasteiger partial charge in [0.25, 0.3) is 0 Å². The average molecular weight is 459 g/mol. The zero-order chi connectivity index (χ0) is 23.7. The molecule has 3 aliphatic rings. The minimum absolute atomic E-state index is 0.00922. The van der Waals surface area contributed by atoms with Gasteiger partial charge in [-0.2, -0.15) is 0 Å². The summed E-state index contributed by atoms with van der Waals surface area (Å²) in [5.74, 6) is 6.11. The Morgan fingerprint density at radius 2 is 1.34 bits per heavy atom. The minimum atomic E-state index is -1.38. The molecule has 0 spiro atoms. The van der Waals surface area contributed by atoms with Crippen LogP contribution in [-0.2, 0) is 4.74 Å². The van der Waals surface area contributed by atoms with E-state index in [0.29, 0.717) is 0 Å². The summed E-state index contributed by atoms with van der Waals surface area (Å²) in [7, 11) is -1.38. The molecule has 0 N–H and O–H groups in total. The van der Waals surface area contributed by atoms with Gasteiger partial charge in [-0.1, -0.05) is 84.4 Å².